The zero-order valence-corrected chi connectivity index (χ0v) is 9.48. The lowest BCUT2D eigenvalue weighted by Gasteiger charge is -2.04. The lowest BCUT2D eigenvalue weighted by atomic mass is 10.3. The molecule has 0 saturated heterocycles. The predicted molar refractivity (Wildman–Crippen MR) is 61.4 cm³/mol. The first-order valence-corrected chi connectivity index (χ1v) is 5.26. The summed E-state index contributed by atoms with van der Waals surface area (Å²) in [6.45, 7) is 2.42. The van der Waals surface area contributed by atoms with Gasteiger partial charge in [-0.1, -0.05) is 17.7 Å². The smallest absolute Gasteiger partial charge is 0.218 e. The first kappa shape index (κ1) is 10.8. The molecule has 5 heteroatoms. The van der Waals surface area contributed by atoms with E-state index in [-0.39, 0.29) is 0 Å². The molecule has 0 fully saturated rings. The largest absolute Gasteiger partial charge is 0.478 e. The summed E-state index contributed by atoms with van der Waals surface area (Å²) < 4.78 is 5.29. The standard InChI is InChI=1S/C11H10ClN3O/c1-2-16-10-7-9(12)14-11(15-10)8-5-3-4-6-13-8/h3-7H,2H2,1H3. The average Bonchev–Trinajstić information content (AvgIpc) is 2.30. The normalized spacial score (nSPS) is 10.1. The highest BCUT2D eigenvalue weighted by Gasteiger charge is 2.06. The summed E-state index contributed by atoms with van der Waals surface area (Å²) in [6, 6.07) is 7.10. The van der Waals surface area contributed by atoms with E-state index in [9.17, 15) is 0 Å². The van der Waals surface area contributed by atoms with E-state index < -0.39 is 0 Å². The minimum absolute atomic E-state index is 0.346. The van der Waals surface area contributed by atoms with Gasteiger partial charge in [-0.15, -0.1) is 0 Å². The van der Waals surface area contributed by atoms with Crippen molar-refractivity contribution in [1.82, 2.24) is 15.0 Å². The van der Waals surface area contributed by atoms with Crippen molar-refractivity contribution in [2.24, 2.45) is 0 Å². The van der Waals surface area contributed by atoms with Crippen molar-refractivity contribution in [1.29, 1.82) is 0 Å². The first-order chi connectivity index (χ1) is 7.79. The summed E-state index contributed by atoms with van der Waals surface area (Å²) in [5.41, 5.74) is 0.672. The van der Waals surface area contributed by atoms with Crippen LogP contribution in [0.25, 0.3) is 11.5 Å². The van der Waals surface area contributed by atoms with Crippen LogP contribution in [-0.2, 0) is 0 Å². The number of pyridine rings is 1. The fourth-order valence-corrected chi connectivity index (χ4v) is 1.40. The van der Waals surface area contributed by atoms with Crippen LogP contribution in [0.4, 0.5) is 0 Å². The number of hydrogen-bond donors (Lipinski definition) is 0. The zero-order valence-electron chi connectivity index (χ0n) is 8.72. The molecule has 0 aliphatic rings. The number of halogens is 1. The number of aromatic nitrogens is 3. The molecular formula is C11H10ClN3O. The highest BCUT2D eigenvalue weighted by atomic mass is 35.5. The second-order valence-electron chi connectivity index (χ2n) is 3.00. The minimum Gasteiger partial charge on any atom is -0.478 e. The molecule has 0 N–H and O–H groups in total. The molecule has 2 heterocycles. The summed E-state index contributed by atoms with van der Waals surface area (Å²) in [6.07, 6.45) is 1.68. The van der Waals surface area contributed by atoms with E-state index >= 15 is 0 Å². The molecule has 2 rings (SSSR count). The zero-order chi connectivity index (χ0) is 11.4. The molecule has 0 spiro atoms. The fraction of sp³-hybridized carbons (Fsp3) is 0.182. The summed E-state index contributed by atoms with van der Waals surface area (Å²) in [4.78, 5) is 12.5. The van der Waals surface area contributed by atoms with Gasteiger partial charge in [0.25, 0.3) is 0 Å². The van der Waals surface area contributed by atoms with Crippen LogP contribution in [-0.4, -0.2) is 21.6 Å². The van der Waals surface area contributed by atoms with Crippen molar-refractivity contribution in [2.45, 2.75) is 6.92 Å². The molecule has 0 bridgehead atoms. The van der Waals surface area contributed by atoms with Crippen LogP contribution in [0.2, 0.25) is 5.15 Å². The van der Waals surface area contributed by atoms with E-state index in [0.29, 0.717) is 29.2 Å². The summed E-state index contributed by atoms with van der Waals surface area (Å²) in [7, 11) is 0. The molecule has 0 saturated carbocycles. The minimum atomic E-state index is 0.346. The Bertz CT molecular complexity index is 476. The van der Waals surface area contributed by atoms with Crippen molar-refractivity contribution in [3.05, 3.63) is 35.6 Å². The van der Waals surface area contributed by atoms with Gasteiger partial charge in [0.2, 0.25) is 5.88 Å². The van der Waals surface area contributed by atoms with Crippen LogP contribution in [0.3, 0.4) is 0 Å². The Morgan fingerprint density at radius 1 is 1.31 bits per heavy atom. The van der Waals surface area contributed by atoms with E-state index in [1.807, 2.05) is 25.1 Å². The first-order valence-electron chi connectivity index (χ1n) is 4.88. The topological polar surface area (TPSA) is 47.9 Å². The molecule has 0 unspecified atom stereocenters. The van der Waals surface area contributed by atoms with Crippen molar-refractivity contribution < 1.29 is 4.74 Å². The van der Waals surface area contributed by atoms with Gasteiger partial charge in [0.05, 0.1) is 6.61 Å². The number of hydrogen-bond acceptors (Lipinski definition) is 4. The van der Waals surface area contributed by atoms with Gasteiger partial charge in [-0.3, -0.25) is 4.98 Å². The maximum absolute atomic E-state index is 5.88. The average molecular weight is 236 g/mol. The molecule has 0 aromatic carbocycles. The van der Waals surface area contributed by atoms with Crippen LogP contribution >= 0.6 is 11.6 Å². The fourth-order valence-electron chi connectivity index (χ4n) is 1.23. The number of ether oxygens (including phenoxy) is 1. The molecule has 2 aromatic rings. The third-order valence-corrected chi connectivity index (χ3v) is 2.05. The van der Waals surface area contributed by atoms with Crippen LogP contribution in [0.15, 0.2) is 30.5 Å². The van der Waals surface area contributed by atoms with Crippen molar-refractivity contribution in [3.63, 3.8) is 0 Å². The Morgan fingerprint density at radius 3 is 2.88 bits per heavy atom. The molecule has 0 amide bonds. The summed E-state index contributed by atoms with van der Waals surface area (Å²) >= 11 is 5.88. The molecule has 2 aromatic heterocycles. The monoisotopic (exact) mass is 235 g/mol. The summed E-state index contributed by atoms with van der Waals surface area (Å²) in [5, 5.41) is 0.346. The SMILES string of the molecule is CCOc1cc(Cl)nc(-c2ccccn2)n1. The van der Waals surface area contributed by atoms with E-state index in [4.69, 9.17) is 16.3 Å². The molecular weight excluding hydrogens is 226 g/mol. The molecule has 0 radical (unpaired) electrons. The Balaban J connectivity index is 2.41. The van der Waals surface area contributed by atoms with Crippen molar-refractivity contribution in [3.8, 4) is 17.4 Å². The van der Waals surface area contributed by atoms with Crippen LogP contribution < -0.4 is 4.74 Å². The second kappa shape index (κ2) is 4.90. The Hall–Kier alpha value is -1.68. The van der Waals surface area contributed by atoms with Gasteiger partial charge in [-0.25, -0.2) is 4.98 Å². The third-order valence-electron chi connectivity index (χ3n) is 1.86. The van der Waals surface area contributed by atoms with Gasteiger partial charge >= 0.3 is 0 Å². The van der Waals surface area contributed by atoms with E-state index in [2.05, 4.69) is 15.0 Å². The summed E-state index contributed by atoms with van der Waals surface area (Å²) in [5.74, 6) is 0.930. The number of rotatable bonds is 3. The molecule has 16 heavy (non-hydrogen) atoms. The molecule has 4 nitrogen and oxygen atoms in total. The lowest BCUT2D eigenvalue weighted by molar-refractivity contribution is 0.326. The predicted octanol–water partition coefficient (Wildman–Crippen LogP) is 2.59. The molecule has 0 aliphatic carbocycles. The number of nitrogens with zero attached hydrogens (tertiary/aromatic N) is 3. The highest BCUT2D eigenvalue weighted by Crippen LogP contribution is 2.19. The van der Waals surface area contributed by atoms with Crippen molar-refractivity contribution in [2.75, 3.05) is 6.61 Å². The van der Waals surface area contributed by atoms with E-state index in [1.54, 1.807) is 12.3 Å². The van der Waals surface area contributed by atoms with E-state index in [0.717, 1.165) is 0 Å². The van der Waals surface area contributed by atoms with Gasteiger partial charge in [0.1, 0.15) is 10.8 Å². The van der Waals surface area contributed by atoms with Gasteiger partial charge < -0.3 is 4.74 Å². The Kier molecular flexibility index (Phi) is 3.31. The lowest BCUT2D eigenvalue weighted by Crippen LogP contribution is -1.98. The van der Waals surface area contributed by atoms with E-state index in [1.165, 1.54) is 0 Å². The third kappa shape index (κ3) is 2.46. The highest BCUT2D eigenvalue weighted by molar-refractivity contribution is 6.29. The van der Waals surface area contributed by atoms with Crippen LogP contribution in [0.1, 0.15) is 6.92 Å². The van der Waals surface area contributed by atoms with Gasteiger partial charge in [0, 0.05) is 12.3 Å². The maximum Gasteiger partial charge on any atom is 0.218 e. The maximum atomic E-state index is 5.88. The van der Waals surface area contributed by atoms with Crippen LogP contribution in [0, 0.1) is 0 Å². The van der Waals surface area contributed by atoms with Gasteiger partial charge in [0.15, 0.2) is 5.82 Å². The molecule has 0 aliphatic heterocycles. The molecule has 0 atom stereocenters. The van der Waals surface area contributed by atoms with Gasteiger partial charge in [-0.05, 0) is 19.1 Å². The van der Waals surface area contributed by atoms with Crippen LogP contribution in [0.5, 0.6) is 5.88 Å². The van der Waals surface area contributed by atoms with Crippen molar-refractivity contribution >= 4 is 11.6 Å². The Labute approximate surface area is 98.3 Å². The van der Waals surface area contributed by atoms with Gasteiger partial charge in [-0.2, -0.15) is 4.98 Å². The molecule has 82 valence electrons. The quantitative estimate of drug-likeness (QED) is 0.768. The Morgan fingerprint density at radius 2 is 2.19 bits per heavy atom. The second-order valence-corrected chi connectivity index (χ2v) is 3.39.